The van der Waals surface area contributed by atoms with Crippen LogP contribution in [0.2, 0.25) is 0 Å². The van der Waals surface area contributed by atoms with E-state index in [1.165, 1.54) is 30.7 Å². The summed E-state index contributed by atoms with van der Waals surface area (Å²) in [7, 11) is 1.91. The fourth-order valence-electron chi connectivity index (χ4n) is 5.61. The predicted octanol–water partition coefficient (Wildman–Crippen LogP) is 6.15. The second-order valence-electron chi connectivity index (χ2n) is 11.6. The number of alkyl halides is 3. The molecule has 1 aromatic heterocycles. The van der Waals surface area contributed by atoms with Gasteiger partial charge in [0, 0.05) is 18.0 Å². The molecular weight excluding hydrogens is 605 g/mol. The summed E-state index contributed by atoms with van der Waals surface area (Å²) in [5.74, 6) is 1.11. The molecule has 0 bridgehead atoms. The van der Waals surface area contributed by atoms with Gasteiger partial charge >= 0.3 is 6.18 Å². The van der Waals surface area contributed by atoms with Crippen LogP contribution in [0.3, 0.4) is 0 Å². The first-order chi connectivity index (χ1) is 21.1. The van der Waals surface area contributed by atoms with Gasteiger partial charge in [-0.2, -0.15) is 18.3 Å². The van der Waals surface area contributed by atoms with Crippen LogP contribution in [-0.2, 0) is 21.8 Å². The number of sulfonamides is 1. The number of aliphatic hydroxyl groups is 1. The molecule has 8 nitrogen and oxygen atoms in total. The molecule has 5 rings (SSSR count). The van der Waals surface area contributed by atoms with E-state index in [-0.39, 0.29) is 16.3 Å². The molecule has 1 fully saturated rings. The molecule has 4 aromatic rings. The van der Waals surface area contributed by atoms with Gasteiger partial charge in [-0.3, -0.25) is 0 Å². The van der Waals surface area contributed by atoms with Crippen molar-refractivity contribution in [3.8, 4) is 22.7 Å². The predicted molar refractivity (Wildman–Crippen MR) is 168 cm³/mol. The lowest BCUT2D eigenvalue weighted by Crippen LogP contribution is -2.43. The average molecular weight is 645 g/mol. The van der Waals surface area contributed by atoms with Crippen molar-refractivity contribution >= 4 is 10.0 Å². The van der Waals surface area contributed by atoms with Crippen LogP contribution in [0.15, 0.2) is 83.8 Å². The van der Waals surface area contributed by atoms with E-state index >= 15 is 0 Å². The summed E-state index contributed by atoms with van der Waals surface area (Å²) in [4.78, 5) is 2.03. The molecule has 1 heterocycles. The zero-order valence-electron chi connectivity index (χ0n) is 25.8. The van der Waals surface area contributed by atoms with Gasteiger partial charge in [-0.05, 0) is 81.9 Å². The number of nitrogens with two attached hydrogens (primary N) is 1. The molecule has 3 aromatic carbocycles. The molecule has 12 heteroatoms. The van der Waals surface area contributed by atoms with Crippen LogP contribution in [-0.4, -0.2) is 56.0 Å². The van der Waals surface area contributed by atoms with Gasteiger partial charge < -0.3 is 14.7 Å². The van der Waals surface area contributed by atoms with Gasteiger partial charge in [0.2, 0.25) is 10.0 Å². The van der Waals surface area contributed by atoms with Crippen molar-refractivity contribution in [2.24, 2.45) is 11.1 Å². The highest BCUT2D eigenvalue weighted by molar-refractivity contribution is 7.89. The fraction of sp³-hybridized carbons (Fsp3) is 0.364. The molecule has 0 unspecified atom stereocenters. The Morgan fingerprint density at radius 1 is 1.04 bits per heavy atom. The molecule has 1 saturated carbocycles. The summed E-state index contributed by atoms with van der Waals surface area (Å²) in [5, 5.41) is 19.9. The van der Waals surface area contributed by atoms with Gasteiger partial charge in [0.15, 0.2) is 5.69 Å². The third-order valence-corrected chi connectivity index (χ3v) is 8.88. The van der Waals surface area contributed by atoms with Gasteiger partial charge in [-0.1, -0.05) is 54.8 Å². The summed E-state index contributed by atoms with van der Waals surface area (Å²) in [6.07, 6.45) is -0.363. The number of nitrogens with zero attached hydrogens (tertiary/aromatic N) is 3. The number of methoxy groups -OCH3 is 1. The van der Waals surface area contributed by atoms with Gasteiger partial charge in [0.05, 0.1) is 29.0 Å². The number of benzene rings is 3. The van der Waals surface area contributed by atoms with Gasteiger partial charge in [0.25, 0.3) is 0 Å². The van der Waals surface area contributed by atoms with Gasteiger partial charge in [0.1, 0.15) is 5.75 Å². The minimum absolute atomic E-state index is 0.138. The van der Waals surface area contributed by atoms with E-state index in [0.29, 0.717) is 11.5 Å². The van der Waals surface area contributed by atoms with Crippen molar-refractivity contribution in [1.29, 1.82) is 0 Å². The lowest BCUT2D eigenvalue weighted by Gasteiger charge is -2.41. The number of ether oxygens (including phenoxy) is 1. The van der Waals surface area contributed by atoms with E-state index in [0.717, 1.165) is 53.4 Å². The number of rotatable bonds is 7. The van der Waals surface area contributed by atoms with Crippen molar-refractivity contribution < 1.29 is 31.4 Å². The first-order valence-corrected chi connectivity index (χ1v) is 16.1. The van der Waals surface area contributed by atoms with E-state index in [4.69, 9.17) is 9.88 Å². The van der Waals surface area contributed by atoms with Crippen LogP contribution in [0, 0.1) is 12.8 Å². The topological polar surface area (TPSA) is 111 Å². The number of halogens is 3. The molecule has 242 valence electrons. The Morgan fingerprint density at radius 3 is 2.29 bits per heavy atom. The second kappa shape index (κ2) is 13.7. The SMILES string of the molecule is COc1cccc([C@@]2(O)CCCC[C@@H]2CN(C)C)c1.Cc1ccc(-c2cc(C(F)(F)F)nn2-c2ccc(S(N)(=O)=O)cc2)cc1. The Kier molecular flexibility index (Phi) is 10.4. The minimum Gasteiger partial charge on any atom is -0.497 e. The molecule has 0 radical (unpaired) electrons. The Labute approximate surface area is 262 Å². The highest BCUT2D eigenvalue weighted by Crippen LogP contribution is 2.42. The first-order valence-electron chi connectivity index (χ1n) is 14.5. The van der Waals surface area contributed by atoms with Crippen LogP contribution in [0.25, 0.3) is 16.9 Å². The van der Waals surface area contributed by atoms with E-state index in [1.807, 2.05) is 31.2 Å². The summed E-state index contributed by atoms with van der Waals surface area (Å²) < 4.78 is 68.5. The third kappa shape index (κ3) is 8.31. The van der Waals surface area contributed by atoms with Crippen LogP contribution in [0.5, 0.6) is 5.75 Å². The Morgan fingerprint density at radius 2 is 1.71 bits per heavy atom. The normalized spacial score (nSPS) is 18.8. The summed E-state index contributed by atoms with van der Waals surface area (Å²) in [5.41, 5.74) is 1.28. The molecule has 0 amide bonds. The lowest BCUT2D eigenvalue weighted by atomic mass is 9.71. The van der Waals surface area contributed by atoms with Gasteiger partial charge in [-0.25, -0.2) is 18.2 Å². The smallest absolute Gasteiger partial charge is 0.435 e. The Hall–Kier alpha value is -3.71. The maximum atomic E-state index is 13.1. The Bertz CT molecular complexity index is 1690. The number of aromatic nitrogens is 2. The number of hydrogen-bond acceptors (Lipinski definition) is 6. The van der Waals surface area contributed by atoms with Gasteiger partial charge in [-0.15, -0.1) is 0 Å². The largest absolute Gasteiger partial charge is 0.497 e. The first kappa shape index (κ1) is 34.2. The molecule has 1 aliphatic rings. The quantitative estimate of drug-likeness (QED) is 0.250. The standard InChI is InChI=1S/C17H14F3N3O2S.C16H25NO2/c1-11-2-4-12(5-3-11)15-10-16(17(18,19)20)22-23(15)13-6-8-14(9-7-13)26(21,24)25;1-17(2)12-14-7-4-5-10-16(14,18)13-8-6-9-15(11-13)19-3/h2-10H,1H3,(H2,21,24,25);6,8-9,11,14,18H,4-5,7,10,12H2,1-3H3/t;14-,16+/m.1/s1. The van der Waals surface area contributed by atoms with Crippen molar-refractivity contribution in [2.75, 3.05) is 27.7 Å². The molecule has 0 aliphatic heterocycles. The summed E-state index contributed by atoms with van der Waals surface area (Å²) in [6, 6.07) is 21.0. The minimum atomic E-state index is -4.61. The van der Waals surface area contributed by atoms with Crippen molar-refractivity contribution in [1.82, 2.24) is 14.7 Å². The molecule has 0 saturated heterocycles. The molecule has 2 atom stereocenters. The molecular formula is C33H39F3N4O4S. The third-order valence-electron chi connectivity index (χ3n) is 7.95. The maximum Gasteiger partial charge on any atom is 0.435 e. The Balaban J connectivity index is 0.000000215. The van der Waals surface area contributed by atoms with Crippen LogP contribution >= 0.6 is 0 Å². The van der Waals surface area contributed by atoms with Crippen LogP contribution in [0.4, 0.5) is 13.2 Å². The van der Waals surface area contributed by atoms with E-state index in [9.17, 15) is 26.7 Å². The zero-order valence-corrected chi connectivity index (χ0v) is 26.6. The van der Waals surface area contributed by atoms with Crippen LogP contribution < -0.4 is 9.88 Å². The molecule has 3 N–H and O–H groups in total. The van der Waals surface area contributed by atoms with Crippen molar-refractivity contribution in [3.05, 3.63) is 95.7 Å². The second-order valence-corrected chi connectivity index (χ2v) is 13.2. The molecule has 1 aliphatic carbocycles. The molecule has 45 heavy (non-hydrogen) atoms. The van der Waals surface area contributed by atoms with E-state index in [2.05, 4.69) is 24.1 Å². The monoisotopic (exact) mass is 644 g/mol. The summed E-state index contributed by atoms with van der Waals surface area (Å²) in [6.45, 7) is 2.79. The van der Waals surface area contributed by atoms with E-state index < -0.39 is 27.5 Å². The maximum absolute atomic E-state index is 13.1. The number of primary sulfonamides is 1. The number of hydrogen-bond donors (Lipinski definition) is 2. The van der Waals surface area contributed by atoms with Crippen molar-refractivity contribution in [2.45, 2.75) is 49.3 Å². The lowest BCUT2D eigenvalue weighted by molar-refractivity contribution is -0.141. The number of aryl methyl sites for hydroxylation is 1. The van der Waals surface area contributed by atoms with Crippen LogP contribution in [0.1, 0.15) is 42.5 Å². The van der Waals surface area contributed by atoms with Crippen molar-refractivity contribution in [3.63, 3.8) is 0 Å². The average Bonchev–Trinajstić information content (AvgIpc) is 3.45. The molecule has 0 spiro atoms. The highest BCUT2D eigenvalue weighted by Gasteiger charge is 2.40. The highest BCUT2D eigenvalue weighted by atomic mass is 32.2. The zero-order chi connectivity index (χ0) is 33.0. The summed E-state index contributed by atoms with van der Waals surface area (Å²) >= 11 is 0. The van der Waals surface area contributed by atoms with E-state index in [1.54, 1.807) is 31.4 Å². The fourth-order valence-corrected chi connectivity index (χ4v) is 6.12.